The van der Waals surface area contributed by atoms with Crippen LogP contribution < -0.4 is 50.0 Å². The van der Waals surface area contributed by atoms with E-state index in [0.717, 1.165) is 117 Å². The Labute approximate surface area is 776 Å². The number of rotatable bonds is 25. The average Bonchev–Trinajstić information content (AvgIpc) is 1.15. The standard InChI is InChI=1S/C16H24FN3O3.C13H17FN2O3.C12H15FN2O3.C12H22FNO2.C11H16FN3O.C10H19NO2.C7H6O4.C6H13FN2.C2H4FI.ClH/c1-16(2,3)23-15(22)18-13-5-4-8-20(14(13)21)12-6-9-19(11-12)10-7-17;1-19-13(18)11-3-2-6-16(12(11)17)10-4-7-15(9-10)8-5-14;13-4-7-14-6-3-9(8-14)15-5-1-2-10(11(15)16)12(17)18;1-12(2,3)16-11(15)8-10-4-6-14(9-10)7-5-13;12-4-7-14-6-3-9(8-14)15-5-1-2-10(13)11(15)16;1-10(2,3)13-9(12)6-8-4-5-11-7-8;1-10-6(8)5-3-2-4-11-7(5)9;7-2-4-9-3-1-6(8)5-9;3-1-2-4;/h4-5,8,12H,6-7,9-11H2,1-3H3,(H,18,22);2-3,6,10H,4-5,7-9H2,1H3;1-2,5,9H,3-4,6-8H2,(H,17,18);10H,4-9H2,1-3H3;1-2,5,9H,3-4,6-8,13H2;8,11H,4-7H2,1-3H3;2-4H,1H3;6H,1-5,8H2;1-2H2;1H/t12-;10-;9-;10-;9-;;;6-;;/m00010..0../s1. The molecule has 7 N–H and O–H groups in total. The van der Waals surface area contributed by atoms with E-state index in [9.17, 15) is 83.5 Å². The summed E-state index contributed by atoms with van der Waals surface area (Å²) >= 11 is 1.98. The summed E-state index contributed by atoms with van der Waals surface area (Å²) in [6.07, 6.45) is 14.6. The van der Waals surface area contributed by atoms with Crippen LogP contribution in [0, 0.1) is 11.8 Å². The molecule has 0 radical (unpaired) electrons. The van der Waals surface area contributed by atoms with Crippen molar-refractivity contribution in [3.63, 3.8) is 0 Å². The molecule has 12 heterocycles. The van der Waals surface area contributed by atoms with Gasteiger partial charge in [0.05, 0.1) is 57.0 Å². The first-order chi connectivity index (χ1) is 61.2. The molecular formula is C89H137ClF7IN14O18. The molecular weight excluding hydrogens is 1850 g/mol. The number of carbonyl (C=O) groups excluding carboxylic acids is 5. The molecule has 41 heteroatoms. The van der Waals surface area contributed by atoms with Gasteiger partial charge in [0.2, 0.25) is 0 Å². The second-order valence-electron chi connectivity index (χ2n) is 34.5. The number of alkyl halides is 8. The number of nitrogens with two attached hydrogens (primary N) is 2. The summed E-state index contributed by atoms with van der Waals surface area (Å²) in [6, 6.07) is 15.7. The number of nitrogens with zero attached hydrogens (tertiary/aromatic N) is 10. The Balaban J connectivity index is 0.000000385. The second-order valence-corrected chi connectivity index (χ2v) is 35.6. The lowest BCUT2D eigenvalue weighted by Crippen LogP contribution is -2.32. The van der Waals surface area contributed by atoms with E-state index in [0.29, 0.717) is 88.0 Å². The molecule has 0 aliphatic carbocycles. The molecule has 7 atom stereocenters. The van der Waals surface area contributed by atoms with E-state index in [2.05, 4.69) is 34.3 Å². The minimum absolute atomic E-state index is 0. The number of nitrogens with one attached hydrogen (secondary N) is 2. The molecule has 7 saturated heterocycles. The summed E-state index contributed by atoms with van der Waals surface area (Å²) in [5.41, 5.74) is 8.04. The van der Waals surface area contributed by atoms with Crippen molar-refractivity contribution in [2.24, 2.45) is 17.6 Å². The Morgan fingerprint density at radius 1 is 0.469 bits per heavy atom. The molecule has 130 heavy (non-hydrogen) atoms. The number of nitrogen functional groups attached to an aromatic ring is 1. The van der Waals surface area contributed by atoms with Gasteiger partial charge in [-0.15, -0.1) is 12.4 Å². The largest absolute Gasteiger partial charge is 0.477 e. The van der Waals surface area contributed by atoms with Crippen LogP contribution in [0.3, 0.4) is 0 Å². The lowest BCUT2D eigenvalue weighted by molar-refractivity contribution is -0.157. The molecule has 1 unspecified atom stereocenters. The zero-order valence-electron chi connectivity index (χ0n) is 76.8. The number of methoxy groups -OCH3 is 2. The molecule has 0 saturated carbocycles. The van der Waals surface area contributed by atoms with Crippen LogP contribution in [0.15, 0.2) is 120 Å². The molecule has 7 aliphatic heterocycles. The summed E-state index contributed by atoms with van der Waals surface area (Å²) in [4.78, 5) is 139. The first-order valence-electron chi connectivity index (χ1n) is 43.5. The highest BCUT2D eigenvalue weighted by molar-refractivity contribution is 14.1. The van der Waals surface area contributed by atoms with Crippen LogP contribution in [0.2, 0.25) is 0 Å². The van der Waals surface area contributed by atoms with Crippen LogP contribution in [-0.2, 0) is 33.3 Å². The van der Waals surface area contributed by atoms with Gasteiger partial charge < -0.3 is 73.2 Å². The molecule has 0 bridgehead atoms. The highest BCUT2D eigenvalue weighted by Crippen LogP contribution is 2.26. The summed E-state index contributed by atoms with van der Waals surface area (Å²) in [7, 11) is 2.45. The molecule has 7 fully saturated rings. The number of ether oxygens (including phenoxy) is 5. The minimum atomic E-state index is -1.21. The Bertz CT molecular complexity index is 4510. The zero-order chi connectivity index (χ0) is 96.0. The first kappa shape index (κ1) is 116. The molecule has 5 aromatic heterocycles. The minimum Gasteiger partial charge on any atom is -0.477 e. The van der Waals surface area contributed by atoms with E-state index in [-0.39, 0.29) is 145 Å². The Kier molecular flexibility index (Phi) is 53.8. The van der Waals surface area contributed by atoms with Gasteiger partial charge in [-0.2, -0.15) is 0 Å². The van der Waals surface area contributed by atoms with Gasteiger partial charge in [-0.3, -0.25) is 63.0 Å². The third kappa shape index (κ3) is 42.9. The number of aromatic nitrogens is 4. The number of amides is 1. The Morgan fingerprint density at radius 3 is 1.22 bits per heavy atom. The predicted octanol–water partition coefficient (Wildman–Crippen LogP) is 10.2. The van der Waals surface area contributed by atoms with Gasteiger partial charge in [-0.05, 0) is 206 Å². The SMILES string of the molecule is CC(C)(C)OC(=O)CC1CCNC1.CC(C)(C)OC(=O)C[C@H]1CCN(CCF)C1.CC(C)(C)OC(=O)Nc1cccn([C@H]2CCN(CCF)C2)c1=O.COC(=O)c1cccn([C@H]2CCN(CCF)C2)c1=O.COC(=O)c1cccoc1=O.Cl.FCCI.N[C@H]1CCN(CCF)C1.Nc1cccn([C@H]2CCN(CCF)C2)c1=O.O=C(O)c1cccn([C@H]2CCN(CCF)C2)c1=O. The van der Waals surface area contributed by atoms with Gasteiger partial charge in [0.1, 0.15) is 79.2 Å². The van der Waals surface area contributed by atoms with Crippen LogP contribution in [-0.4, -0.2) is 308 Å². The van der Waals surface area contributed by atoms with Crippen molar-refractivity contribution in [2.45, 2.75) is 167 Å². The van der Waals surface area contributed by atoms with E-state index in [1.54, 1.807) is 95.7 Å². The van der Waals surface area contributed by atoms with Crippen LogP contribution >= 0.6 is 35.0 Å². The van der Waals surface area contributed by atoms with Gasteiger partial charge >= 0.3 is 41.6 Å². The lowest BCUT2D eigenvalue weighted by atomic mass is 10.1. The Morgan fingerprint density at radius 2 is 0.831 bits per heavy atom. The number of carboxylic acids is 1. The van der Waals surface area contributed by atoms with Crippen molar-refractivity contribution in [1.82, 2.24) is 53.0 Å². The van der Waals surface area contributed by atoms with Crippen LogP contribution in [0.5, 0.6) is 0 Å². The van der Waals surface area contributed by atoms with Crippen molar-refractivity contribution < 1.29 is 92.7 Å². The molecule has 0 aromatic carbocycles. The fraction of sp³-hybridized carbons (Fsp3) is 0.652. The molecule has 7 aliphatic rings. The number of anilines is 2. The second kappa shape index (κ2) is 60.5. The van der Waals surface area contributed by atoms with Crippen molar-refractivity contribution in [1.29, 1.82) is 0 Å². The monoisotopic (exact) mass is 1980 g/mol. The lowest BCUT2D eigenvalue weighted by Gasteiger charge is -2.20. The number of hydrogen-bond acceptors (Lipinski definition) is 26. The maximum Gasteiger partial charge on any atom is 0.412 e. The fourth-order valence-corrected chi connectivity index (χ4v) is 14.9. The van der Waals surface area contributed by atoms with Crippen molar-refractivity contribution in [3.8, 4) is 0 Å². The molecule has 5 aromatic rings. The van der Waals surface area contributed by atoms with Crippen molar-refractivity contribution >= 4 is 82.3 Å². The van der Waals surface area contributed by atoms with Crippen LogP contribution in [0.4, 0.5) is 46.9 Å². The van der Waals surface area contributed by atoms with E-state index in [1.807, 2.05) is 83.7 Å². The number of likely N-dealkylation sites (tertiary alicyclic amines) is 6. The number of hydrogen-bond donors (Lipinski definition) is 5. The van der Waals surface area contributed by atoms with Crippen molar-refractivity contribution in [3.05, 3.63) is 160 Å². The number of carboxylic acid groups (broad SMARTS) is 1. The van der Waals surface area contributed by atoms with Gasteiger partial charge in [0, 0.05) is 153 Å². The molecule has 0 spiro atoms. The third-order valence-electron chi connectivity index (χ3n) is 21.0. The maximum absolute atomic E-state index is 12.5. The zero-order valence-corrected chi connectivity index (χ0v) is 79.8. The van der Waals surface area contributed by atoms with Gasteiger partial charge in [-0.25, -0.2) is 50.3 Å². The number of esters is 4. The van der Waals surface area contributed by atoms with E-state index >= 15 is 0 Å². The number of carbonyl (C=O) groups is 6. The number of halogens is 9. The maximum atomic E-state index is 12.5. The van der Waals surface area contributed by atoms with Crippen LogP contribution in [0.25, 0.3) is 0 Å². The molecule has 32 nitrogen and oxygen atoms in total. The van der Waals surface area contributed by atoms with Gasteiger partial charge in [0.15, 0.2) is 0 Å². The third-order valence-corrected chi connectivity index (χ3v) is 21.4. The van der Waals surface area contributed by atoms with Gasteiger partial charge in [-0.1, -0.05) is 22.6 Å². The predicted molar refractivity (Wildman–Crippen MR) is 496 cm³/mol. The normalized spacial score (nSPS) is 19.7. The van der Waals surface area contributed by atoms with Gasteiger partial charge in [0.25, 0.3) is 22.2 Å². The average molecular weight is 1990 g/mol. The fourth-order valence-electron chi connectivity index (χ4n) is 14.9. The van der Waals surface area contributed by atoms with E-state index in [4.69, 9.17) is 30.8 Å². The highest BCUT2D eigenvalue weighted by atomic mass is 127. The van der Waals surface area contributed by atoms with Crippen LogP contribution in [0.1, 0.15) is 175 Å². The first-order valence-corrected chi connectivity index (χ1v) is 45.0. The summed E-state index contributed by atoms with van der Waals surface area (Å²) in [6.45, 7) is 28.3. The topological polar surface area (TPSA) is 383 Å². The number of pyridine rings is 4. The van der Waals surface area contributed by atoms with E-state index in [1.165, 1.54) is 49.3 Å². The molecule has 1 amide bonds. The highest BCUT2D eigenvalue weighted by Gasteiger charge is 2.32. The van der Waals surface area contributed by atoms with Crippen molar-refractivity contribution in [2.75, 3.05) is 207 Å². The summed E-state index contributed by atoms with van der Waals surface area (Å²) in [5.74, 6) is -1.91. The molecule has 12 rings (SSSR count). The summed E-state index contributed by atoms with van der Waals surface area (Å²) < 4.78 is 120. The molecule has 734 valence electrons. The summed E-state index contributed by atoms with van der Waals surface area (Å²) in [5, 5.41) is 14.6. The van der Waals surface area contributed by atoms with E-state index < -0.39 is 53.1 Å². The quantitative estimate of drug-likeness (QED) is 0.0119. The Hall–Kier alpha value is -8.62. The number of aromatic carboxylic acids is 1. The smallest absolute Gasteiger partial charge is 0.412 e.